The summed E-state index contributed by atoms with van der Waals surface area (Å²) in [5, 5.41) is 14.0. The first-order valence-electron chi connectivity index (χ1n) is 8.33. The normalized spacial score (nSPS) is 11.3. The van der Waals surface area contributed by atoms with E-state index in [4.69, 9.17) is 9.47 Å². The molecule has 0 atom stereocenters. The first-order valence-corrected chi connectivity index (χ1v) is 9.21. The van der Waals surface area contributed by atoms with Crippen LogP contribution in [0.15, 0.2) is 28.6 Å². The zero-order valence-corrected chi connectivity index (χ0v) is 16.3. The topological polar surface area (TPSA) is 102 Å². The number of nitrogens with zero attached hydrogens (tertiary/aromatic N) is 2. The van der Waals surface area contributed by atoms with Crippen molar-refractivity contribution in [2.24, 2.45) is 4.99 Å². The Kier molecular flexibility index (Phi) is 7.56. The molecule has 2 N–H and O–H groups in total. The Morgan fingerprint density at radius 2 is 2.07 bits per heavy atom. The summed E-state index contributed by atoms with van der Waals surface area (Å²) in [6.07, 6.45) is 0.649. The molecule has 0 aliphatic carbocycles. The monoisotopic (exact) mass is 393 g/mol. The second kappa shape index (κ2) is 9.89. The van der Waals surface area contributed by atoms with Crippen molar-refractivity contribution >= 4 is 23.2 Å². The zero-order valence-electron chi connectivity index (χ0n) is 15.5. The third kappa shape index (κ3) is 5.41. The van der Waals surface area contributed by atoms with E-state index in [1.54, 1.807) is 28.1 Å². The number of thiazole rings is 1. The number of hydrogen-bond acceptors (Lipinski definition) is 6. The van der Waals surface area contributed by atoms with E-state index in [-0.39, 0.29) is 12.5 Å². The van der Waals surface area contributed by atoms with Gasteiger partial charge in [0, 0.05) is 31.5 Å². The van der Waals surface area contributed by atoms with E-state index < -0.39 is 5.91 Å². The number of rotatable bonds is 8. The average molecular weight is 393 g/mol. The van der Waals surface area contributed by atoms with Gasteiger partial charge in [0.25, 0.3) is 5.91 Å². The highest BCUT2D eigenvalue weighted by Gasteiger charge is 2.14. The van der Waals surface area contributed by atoms with Gasteiger partial charge in [-0.3, -0.25) is 9.59 Å². The molecule has 0 aliphatic heterocycles. The largest absolute Gasteiger partial charge is 0.497 e. The van der Waals surface area contributed by atoms with Crippen LogP contribution < -0.4 is 19.6 Å². The third-order valence-electron chi connectivity index (χ3n) is 3.81. The zero-order chi connectivity index (χ0) is 19.8. The standard InChI is InChI=1S/C18H23N3O5S/c1-12(23)19-7-4-8-21-13(10-22)11-27-18(21)20-17(24)15-6-5-14(25-2)9-16(15)26-3/h5-6,9,11,22H,4,7-8,10H2,1-3H3,(H,19,23). The maximum atomic E-state index is 12.6. The smallest absolute Gasteiger partial charge is 0.283 e. The SMILES string of the molecule is COc1ccc(C(=O)N=c2scc(CO)n2CCCNC(C)=O)c(OC)c1. The van der Waals surface area contributed by atoms with Crippen LogP contribution in [0.1, 0.15) is 29.4 Å². The summed E-state index contributed by atoms with van der Waals surface area (Å²) in [7, 11) is 3.01. The van der Waals surface area contributed by atoms with Crippen LogP contribution in [0.25, 0.3) is 0 Å². The molecule has 0 unspecified atom stereocenters. The molecular formula is C18H23N3O5S. The molecule has 0 saturated heterocycles. The summed E-state index contributed by atoms with van der Waals surface area (Å²) in [5.74, 6) is 0.408. The number of amides is 2. The van der Waals surface area contributed by atoms with Gasteiger partial charge in [-0.2, -0.15) is 4.99 Å². The number of aromatic nitrogens is 1. The summed E-state index contributed by atoms with van der Waals surface area (Å²) in [5.41, 5.74) is 0.984. The van der Waals surface area contributed by atoms with Crippen molar-refractivity contribution in [3.05, 3.63) is 39.6 Å². The summed E-state index contributed by atoms with van der Waals surface area (Å²) in [4.78, 5) is 28.3. The Morgan fingerprint density at radius 1 is 1.30 bits per heavy atom. The fourth-order valence-corrected chi connectivity index (χ4v) is 3.36. The van der Waals surface area contributed by atoms with Crippen LogP contribution in [0, 0.1) is 0 Å². The average Bonchev–Trinajstić information content (AvgIpc) is 3.05. The third-order valence-corrected chi connectivity index (χ3v) is 4.72. The van der Waals surface area contributed by atoms with Crippen LogP contribution in [0.4, 0.5) is 0 Å². The van der Waals surface area contributed by atoms with Crippen molar-refractivity contribution in [2.45, 2.75) is 26.5 Å². The van der Waals surface area contributed by atoms with E-state index in [9.17, 15) is 14.7 Å². The van der Waals surface area contributed by atoms with Crippen LogP contribution in [0.3, 0.4) is 0 Å². The lowest BCUT2D eigenvalue weighted by atomic mass is 10.2. The molecule has 1 aromatic heterocycles. The maximum absolute atomic E-state index is 12.6. The highest BCUT2D eigenvalue weighted by molar-refractivity contribution is 7.07. The maximum Gasteiger partial charge on any atom is 0.283 e. The number of aliphatic hydroxyl groups is 1. The second-order valence-electron chi connectivity index (χ2n) is 5.64. The Bertz CT molecular complexity index is 872. The van der Waals surface area contributed by atoms with Crippen LogP contribution >= 0.6 is 11.3 Å². The molecule has 0 fully saturated rings. The lowest BCUT2D eigenvalue weighted by molar-refractivity contribution is -0.118. The van der Waals surface area contributed by atoms with Gasteiger partial charge in [0.15, 0.2) is 4.80 Å². The van der Waals surface area contributed by atoms with Crippen molar-refractivity contribution in [1.82, 2.24) is 9.88 Å². The number of aliphatic hydroxyl groups excluding tert-OH is 1. The van der Waals surface area contributed by atoms with Crippen LogP contribution in [0.5, 0.6) is 11.5 Å². The van der Waals surface area contributed by atoms with Crippen molar-refractivity contribution in [2.75, 3.05) is 20.8 Å². The van der Waals surface area contributed by atoms with Crippen LogP contribution in [-0.4, -0.2) is 42.3 Å². The van der Waals surface area contributed by atoms with E-state index in [1.165, 1.54) is 32.5 Å². The van der Waals surface area contributed by atoms with Gasteiger partial charge < -0.3 is 24.5 Å². The van der Waals surface area contributed by atoms with Crippen molar-refractivity contribution < 1.29 is 24.2 Å². The lowest BCUT2D eigenvalue weighted by Crippen LogP contribution is -2.25. The first kappa shape index (κ1) is 20.7. The van der Waals surface area contributed by atoms with Gasteiger partial charge in [0.2, 0.25) is 5.91 Å². The molecule has 9 heteroatoms. The van der Waals surface area contributed by atoms with E-state index in [1.807, 2.05) is 0 Å². The molecule has 1 heterocycles. The number of ether oxygens (including phenoxy) is 2. The van der Waals surface area contributed by atoms with E-state index >= 15 is 0 Å². The number of hydrogen-bond donors (Lipinski definition) is 2. The van der Waals surface area contributed by atoms with Gasteiger partial charge in [-0.15, -0.1) is 11.3 Å². The number of carbonyl (C=O) groups is 2. The highest BCUT2D eigenvalue weighted by atomic mass is 32.1. The molecule has 146 valence electrons. The van der Waals surface area contributed by atoms with Gasteiger partial charge in [-0.1, -0.05) is 0 Å². The van der Waals surface area contributed by atoms with E-state index in [2.05, 4.69) is 10.3 Å². The highest BCUT2D eigenvalue weighted by Crippen LogP contribution is 2.25. The molecule has 2 rings (SSSR count). The number of carbonyl (C=O) groups excluding carboxylic acids is 2. The van der Waals surface area contributed by atoms with Gasteiger partial charge in [-0.05, 0) is 18.6 Å². The van der Waals surface area contributed by atoms with Gasteiger partial charge in [0.05, 0.1) is 32.1 Å². The molecule has 0 bridgehead atoms. The quantitative estimate of drug-likeness (QED) is 0.659. The van der Waals surface area contributed by atoms with Crippen LogP contribution in [0.2, 0.25) is 0 Å². The molecule has 8 nitrogen and oxygen atoms in total. The minimum Gasteiger partial charge on any atom is -0.497 e. The molecule has 0 saturated carbocycles. The summed E-state index contributed by atoms with van der Waals surface area (Å²) < 4.78 is 12.2. The molecule has 0 radical (unpaired) electrons. The van der Waals surface area contributed by atoms with Gasteiger partial charge >= 0.3 is 0 Å². The van der Waals surface area contributed by atoms with Crippen molar-refractivity contribution in [3.63, 3.8) is 0 Å². The number of methoxy groups -OCH3 is 2. The lowest BCUT2D eigenvalue weighted by Gasteiger charge is -2.09. The van der Waals surface area contributed by atoms with Crippen molar-refractivity contribution in [3.8, 4) is 11.5 Å². The summed E-state index contributed by atoms with van der Waals surface area (Å²) in [6, 6.07) is 4.89. The Balaban J connectivity index is 2.29. The van der Waals surface area contributed by atoms with Crippen molar-refractivity contribution in [1.29, 1.82) is 0 Å². The first-order chi connectivity index (χ1) is 13.0. The van der Waals surface area contributed by atoms with E-state index in [0.717, 1.165) is 0 Å². The minimum absolute atomic E-state index is 0.0978. The second-order valence-corrected chi connectivity index (χ2v) is 6.48. The molecule has 0 spiro atoms. The molecule has 2 amide bonds. The fourth-order valence-electron chi connectivity index (χ4n) is 2.44. The summed E-state index contributed by atoms with van der Waals surface area (Å²) in [6.45, 7) is 2.32. The molecule has 2 aromatic rings. The van der Waals surface area contributed by atoms with Crippen LogP contribution in [-0.2, 0) is 17.9 Å². The Labute approximate surface area is 161 Å². The Morgan fingerprint density at radius 3 is 2.70 bits per heavy atom. The predicted octanol–water partition coefficient (Wildman–Crippen LogP) is 1.33. The molecule has 27 heavy (non-hydrogen) atoms. The number of nitrogens with one attached hydrogen (secondary N) is 1. The van der Waals surface area contributed by atoms with Gasteiger partial charge in [-0.25, -0.2) is 0 Å². The van der Waals surface area contributed by atoms with Gasteiger partial charge in [0.1, 0.15) is 11.5 Å². The predicted molar refractivity (Wildman–Crippen MR) is 101 cm³/mol. The number of benzene rings is 1. The molecule has 0 aliphatic rings. The fraction of sp³-hybridized carbons (Fsp3) is 0.389. The molecular weight excluding hydrogens is 370 g/mol. The summed E-state index contributed by atoms with van der Waals surface area (Å²) >= 11 is 1.27. The molecule has 1 aromatic carbocycles. The minimum atomic E-state index is -0.448. The Hall–Kier alpha value is -2.65. The van der Waals surface area contributed by atoms with E-state index in [0.29, 0.717) is 47.1 Å².